The van der Waals surface area contributed by atoms with Gasteiger partial charge in [0.25, 0.3) is 11.6 Å². The number of para-hydroxylation sites is 1. The van der Waals surface area contributed by atoms with Gasteiger partial charge in [-0.05, 0) is 24.3 Å². The summed E-state index contributed by atoms with van der Waals surface area (Å²) in [6.07, 6.45) is 0. The van der Waals surface area contributed by atoms with E-state index in [-0.39, 0.29) is 22.2 Å². The van der Waals surface area contributed by atoms with Crippen LogP contribution in [0.3, 0.4) is 0 Å². The van der Waals surface area contributed by atoms with Crippen LogP contribution in [-0.4, -0.2) is 52.1 Å². The Balaban J connectivity index is 1.38. The van der Waals surface area contributed by atoms with Gasteiger partial charge in [-0.3, -0.25) is 14.9 Å². The third kappa shape index (κ3) is 4.72. The Labute approximate surface area is 183 Å². The Bertz CT molecular complexity index is 1090. The summed E-state index contributed by atoms with van der Waals surface area (Å²) in [6.45, 7) is 1.96. The molecule has 0 radical (unpaired) electrons. The summed E-state index contributed by atoms with van der Waals surface area (Å²) in [6, 6.07) is 16.7. The average molecular weight is 440 g/mol. The van der Waals surface area contributed by atoms with Gasteiger partial charge in [0, 0.05) is 44.4 Å². The van der Waals surface area contributed by atoms with E-state index in [1.807, 2.05) is 41.3 Å². The molecule has 0 bridgehead atoms. The Morgan fingerprint density at radius 2 is 1.74 bits per heavy atom. The van der Waals surface area contributed by atoms with Gasteiger partial charge in [0.1, 0.15) is 5.75 Å². The molecule has 0 N–H and O–H groups in total. The number of amides is 1. The van der Waals surface area contributed by atoms with Crippen LogP contribution >= 0.6 is 11.6 Å². The second-order valence-electron chi connectivity index (χ2n) is 6.85. The van der Waals surface area contributed by atoms with Crippen LogP contribution in [0.4, 0.5) is 11.5 Å². The van der Waals surface area contributed by atoms with E-state index in [0.29, 0.717) is 43.6 Å². The summed E-state index contributed by atoms with van der Waals surface area (Å²) in [7, 11) is 0. The fourth-order valence-corrected chi connectivity index (χ4v) is 3.44. The van der Waals surface area contributed by atoms with Gasteiger partial charge < -0.3 is 14.5 Å². The maximum Gasteiger partial charge on any atom is 0.270 e. The lowest BCUT2D eigenvalue weighted by Crippen LogP contribution is -2.49. The van der Waals surface area contributed by atoms with E-state index < -0.39 is 4.92 Å². The van der Waals surface area contributed by atoms with E-state index in [4.69, 9.17) is 16.3 Å². The molecule has 0 spiro atoms. The number of piperazine rings is 1. The molecule has 158 valence electrons. The van der Waals surface area contributed by atoms with Crippen molar-refractivity contribution in [2.75, 3.05) is 31.1 Å². The number of non-ortho nitro benzene ring substituents is 1. The Hall–Kier alpha value is -3.72. The minimum absolute atomic E-state index is 0.131. The maximum atomic E-state index is 12.8. The van der Waals surface area contributed by atoms with Gasteiger partial charge in [0.2, 0.25) is 5.88 Å². The zero-order valence-corrected chi connectivity index (χ0v) is 17.1. The average Bonchev–Trinajstić information content (AvgIpc) is 2.80. The molecule has 3 aromatic rings. The lowest BCUT2D eigenvalue weighted by Gasteiger charge is -2.35. The number of ether oxygens (including phenoxy) is 1. The maximum absolute atomic E-state index is 12.8. The number of hydrogen-bond donors (Lipinski definition) is 0. The van der Waals surface area contributed by atoms with Gasteiger partial charge in [-0.25, -0.2) is 0 Å². The number of nitro groups is 1. The standard InChI is InChI=1S/C21H18ClN5O4/c22-18-7-6-15(27(29)30)14-17(18)21(28)26-12-10-25(11-13-26)19-8-9-20(24-23-19)31-16-4-2-1-3-5-16/h1-9,14H,10-13H2. The van der Waals surface area contributed by atoms with Crippen molar-refractivity contribution < 1.29 is 14.5 Å². The normalized spacial score (nSPS) is 13.7. The highest BCUT2D eigenvalue weighted by molar-refractivity contribution is 6.33. The number of benzene rings is 2. The number of aromatic nitrogens is 2. The first-order valence-corrected chi connectivity index (χ1v) is 9.94. The summed E-state index contributed by atoms with van der Waals surface area (Å²) < 4.78 is 5.65. The van der Waals surface area contributed by atoms with Gasteiger partial charge in [-0.2, -0.15) is 0 Å². The zero-order chi connectivity index (χ0) is 21.8. The first kappa shape index (κ1) is 20.5. The zero-order valence-electron chi connectivity index (χ0n) is 16.3. The van der Waals surface area contributed by atoms with Crippen molar-refractivity contribution in [1.29, 1.82) is 0 Å². The molecule has 1 aliphatic rings. The van der Waals surface area contributed by atoms with Crippen LogP contribution in [0, 0.1) is 10.1 Å². The molecule has 1 amide bonds. The summed E-state index contributed by atoms with van der Waals surface area (Å²) in [4.78, 5) is 26.9. The number of carbonyl (C=O) groups excluding carboxylic acids is 1. The van der Waals surface area contributed by atoms with E-state index in [0.717, 1.165) is 0 Å². The van der Waals surface area contributed by atoms with Crippen LogP contribution in [0.25, 0.3) is 0 Å². The third-order valence-electron chi connectivity index (χ3n) is 4.87. The molecule has 0 unspecified atom stereocenters. The molecule has 9 nitrogen and oxygen atoms in total. The molecule has 0 saturated carbocycles. The van der Waals surface area contributed by atoms with Crippen molar-refractivity contribution in [3.05, 3.63) is 81.4 Å². The molecule has 0 atom stereocenters. The molecule has 0 aliphatic carbocycles. The molecule has 1 aromatic heterocycles. The number of carbonyl (C=O) groups is 1. The highest BCUT2D eigenvalue weighted by Crippen LogP contribution is 2.25. The van der Waals surface area contributed by atoms with Crippen LogP contribution in [0.2, 0.25) is 5.02 Å². The number of nitro benzene ring substituents is 1. The van der Waals surface area contributed by atoms with Crippen LogP contribution < -0.4 is 9.64 Å². The van der Waals surface area contributed by atoms with E-state index in [1.54, 1.807) is 11.0 Å². The molecule has 4 rings (SSSR count). The van der Waals surface area contributed by atoms with E-state index >= 15 is 0 Å². The fourth-order valence-electron chi connectivity index (χ4n) is 3.25. The van der Waals surface area contributed by atoms with Crippen molar-refractivity contribution >= 4 is 29.0 Å². The van der Waals surface area contributed by atoms with Crippen molar-refractivity contribution in [2.24, 2.45) is 0 Å². The predicted octanol–water partition coefficient (Wildman–Crippen LogP) is 3.79. The summed E-state index contributed by atoms with van der Waals surface area (Å²) >= 11 is 6.10. The van der Waals surface area contributed by atoms with Crippen LogP contribution in [0.5, 0.6) is 11.6 Å². The van der Waals surface area contributed by atoms with Crippen molar-refractivity contribution in [1.82, 2.24) is 15.1 Å². The van der Waals surface area contributed by atoms with Crippen molar-refractivity contribution in [2.45, 2.75) is 0 Å². The third-order valence-corrected chi connectivity index (χ3v) is 5.20. The second-order valence-corrected chi connectivity index (χ2v) is 7.25. The molecule has 2 heterocycles. The molecular weight excluding hydrogens is 422 g/mol. The van der Waals surface area contributed by atoms with Gasteiger partial charge in [0.15, 0.2) is 5.82 Å². The van der Waals surface area contributed by atoms with E-state index in [9.17, 15) is 14.9 Å². The second kappa shape index (κ2) is 8.97. The van der Waals surface area contributed by atoms with Crippen molar-refractivity contribution in [3.63, 3.8) is 0 Å². The molecular formula is C21H18ClN5O4. The van der Waals surface area contributed by atoms with Crippen LogP contribution in [-0.2, 0) is 0 Å². The topological polar surface area (TPSA) is 102 Å². The Morgan fingerprint density at radius 1 is 1.00 bits per heavy atom. The first-order chi connectivity index (χ1) is 15.0. The number of halogens is 1. The highest BCUT2D eigenvalue weighted by Gasteiger charge is 2.26. The molecule has 1 fully saturated rings. The number of rotatable bonds is 5. The molecule has 2 aromatic carbocycles. The minimum Gasteiger partial charge on any atom is -0.438 e. The van der Waals surface area contributed by atoms with Crippen molar-refractivity contribution in [3.8, 4) is 11.6 Å². The monoisotopic (exact) mass is 439 g/mol. The lowest BCUT2D eigenvalue weighted by atomic mass is 10.1. The Morgan fingerprint density at radius 3 is 2.39 bits per heavy atom. The number of nitrogens with zero attached hydrogens (tertiary/aromatic N) is 5. The van der Waals surface area contributed by atoms with Gasteiger partial charge in [-0.1, -0.05) is 29.8 Å². The highest BCUT2D eigenvalue weighted by atomic mass is 35.5. The summed E-state index contributed by atoms with van der Waals surface area (Å²) in [5.74, 6) is 1.42. The largest absolute Gasteiger partial charge is 0.438 e. The van der Waals surface area contributed by atoms with E-state index in [1.165, 1.54) is 18.2 Å². The van der Waals surface area contributed by atoms with E-state index in [2.05, 4.69) is 10.2 Å². The van der Waals surface area contributed by atoms with Crippen LogP contribution in [0.1, 0.15) is 10.4 Å². The molecule has 31 heavy (non-hydrogen) atoms. The van der Waals surface area contributed by atoms with Gasteiger partial charge in [-0.15, -0.1) is 10.2 Å². The summed E-state index contributed by atoms with van der Waals surface area (Å²) in [5.41, 5.74) is -0.0361. The number of anilines is 1. The lowest BCUT2D eigenvalue weighted by molar-refractivity contribution is -0.384. The molecule has 1 saturated heterocycles. The fraction of sp³-hybridized carbons (Fsp3) is 0.190. The predicted molar refractivity (Wildman–Crippen MR) is 115 cm³/mol. The smallest absolute Gasteiger partial charge is 0.270 e. The minimum atomic E-state index is -0.547. The quantitative estimate of drug-likeness (QED) is 0.440. The molecule has 10 heteroatoms. The molecule has 1 aliphatic heterocycles. The van der Waals surface area contributed by atoms with Crippen LogP contribution in [0.15, 0.2) is 60.7 Å². The number of hydrogen-bond acceptors (Lipinski definition) is 7. The summed E-state index contributed by atoms with van der Waals surface area (Å²) in [5, 5.41) is 19.5. The van der Waals surface area contributed by atoms with Gasteiger partial charge in [0.05, 0.1) is 15.5 Å². The van der Waals surface area contributed by atoms with Gasteiger partial charge >= 0.3 is 0 Å². The SMILES string of the molecule is O=C(c1cc([N+](=O)[O-])ccc1Cl)N1CCN(c2ccc(Oc3ccccc3)nn2)CC1. The Kier molecular flexibility index (Phi) is 5.94. The first-order valence-electron chi connectivity index (χ1n) is 9.56.